The van der Waals surface area contributed by atoms with Crippen molar-refractivity contribution in [1.82, 2.24) is 14.5 Å². The number of nitro benzene ring substituents is 1. The second-order valence-electron chi connectivity index (χ2n) is 6.67. The van der Waals surface area contributed by atoms with E-state index < -0.39 is 4.92 Å². The van der Waals surface area contributed by atoms with Gasteiger partial charge in [-0.05, 0) is 37.3 Å². The van der Waals surface area contributed by atoms with E-state index in [9.17, 15) is 14.9 Å². The minimum Gasteiger partial charge on any atom is -0.353 e. The first-order chi connectivity index (χ1) is 13.5. The van der Waals surface area contributed by atoms with Crippen LogP contribution in [0, 0.1) is 17.0 Å². The van der Waals surface area contributed by atoms with Crippen molar-refractivity contribution in [2.75, 3.05) is 6.54 Å². The molecule has 0 atom stereocenters. The predicted octanol–water partition coefficient (Wildman–Crippen LogP) is 3.52. The summed E-state index contributed by atoms with van der Waals surface area (Å²) < 4.78 is 1.96. The van der Waals surface area contributed by atoms with E-state index in [0.29, 0.717) is 30.6 Å². The van der Waals surface area contributed by atoms with Crippen LogP contribution in [0.4, 0.5) is 5.69 Å². The van der Waals surface area contributed by atoms with Gasteiger partial charge in [-0.1, -0.05) is 12.1 Å². The van der Waals surface area contributed by atoms with Crippen LogP contribution in [-0.2, 0) is 20.0 Å². The molecule has 3 aromatic rings. The van der Waals surface area contributed by atoms with Crippen LogP contribution in [0.1, 0.15) is 27.3 Å². The largest absolute Gasteiger partial charge is 0.353 e. The van der Waals surface area contributed by atoms with Gasteiger partial charge in [0.15, 0.2) is 0 Å². The summed E-state index contributed by atoms with van der Waals surface area (Å²) in [7, 11) is 1.92. The molecular weight excluding hydrogens is 356 g/mol. The summed E-state index contributed by atoms with van der Waals surface area (Å²) in [5.41, 5.74) is 2.67. The highest BCUT2D eigenvalue weighted by atomic mass is 16.6. The van der Waals surface area contributed by atoms with Gasteiger partial charge in [0.05, 0.1) is 11.5 Å². The lowest BCUT2D eigenvalue weighted by atomic mass is 10.1. The number of amides is 1. The topological polar surface area (TPSA) is 81.3 Å². The zero-order valence-corrected chi connectivity index (χ0v) is 15.9. The normalized spacial score (nSPS) is 10.6. The molecule has 0 aliphatic rings. The van der Waals surface area contributed by atoms with E-state index in [-0.39, 0.29) is 11.6 Å². The summed E-state index contributed by atoms with van der Waals surface area (Å²) in [5.74, 6) is -0.236. The van der Waals surface area contributed by atoms with Crippen LogP contribution in [0.15, 0.2) is 60.9 Å². The molecule has 1 amide bonds. The number of aryl methyl sites for hydroxylation is 2. The van der Waals surface area contributed by atoms with Crippen LogP contribution >= 0.6 is 0 Å². The predicted molar refractivity (Wildman–Crippen MR) is 106 cm³/mol. The number of nitrogens with zero attached hydrogens (tertiary/aromatic N) is 4. The van der Waals surface area contributed by atoms with Crippen molar-refractivity contribution in [2.24, 2.45) is 7.05 Å². The Morgan fingerprint density at radius 3 is 2.68 bits per heavy atom. The fourth-order valence-electron chi connectivity index (χ4n) is 3.03. The van der Waals surface area contributed by atoms with Crippen LogP contribution in [-0.4, -0.2) is 31.8 Å². The third-order valence-corrected chi connectivity index (χ3v) is 4.71. The van der Waals surface area contributed by atoms with Gasteiger partial charge < -0.3 is 9.47 Å². The summed E-state index contributed by atoms with van der Waals surface area (Å²) in [5, 5.41) is 11.2. The molecule has 0 bridgehead atoms. The molecule has 0 fully saturated rings. The van der Waals surface area contributed by atoms with Crippen molar-refractivity contribution in [2.45, 2.75) is 19.9 Å². The zero-order valence-electron chi connectivity index (χ0n) is 15.9. The molecule has 2 aromatic heterocycles. The van der Waals surface area contributed by atoms with Crippen molar-refractivity contribution >= 4 is 11.6 Å². The molecule has 0 unspecified atom stereocenters. The Hall–Kier alpha value is -3.48. The van der Waals surface area contributed by atoms with Crippen molar-refractivity contribution in [1.29, 1.82) is 0 Å². The summed E-state index contributed by atoms with van der Waals surface area (Å²) in [4.78, 5) is 30.0. The molecule has 0 aliphatic carbocycles. The quantitative estimate of drug-likeness (QED) is 0.465. The van der Waals surface area contributed by atoms with Crippen LogP contribution < -0.4 is 0 Å². The van der Waals surface area contributed by atoms with Gasteiger partial charge >= 0.3 is 0 Å². The van der Waals surface area contributed by atoms with E-state index in [2.05, 4.69) is 4.98 Å². The maximum absolute atomic E-state index is 13.2. The fraction of sp³-hybridized carbons (Fsp3) is 0.238. The Morgan fingerprint density at radius 1 is 1.21 bits per heavy atom. The highest BCUT2D eigenvalue weighted by Gasteiger charge is 2.21. The maximum Gasteiger partial charge on any atom is 0.273 e. The average Bonchev–Trinajstić information content (AvgIpc) is 3.10. The zero-order chi connectivity index (χ0) is 20.1. The van der Waals surface area contributed by atoms with E-state index in [0.717, 1.165) is 11.4 Å². The van der Waals surface area contributed by atoms with Crippen LogP contribution in [0.2, 0.25) is 0 Å². The maximum atomic E-state index is 13.2. The van der Waals surface area contributed by atoms with Gasteiger partial charge in [-0.15, -0.1) is 0 Å². The highest BCUT2D eigenvalue weighted by Crippen LogP contribution is 2.21. The monoisotopic (exact) mass is 378 g/mol. The number of carbonyl (C=O) groups excluding carboxylic acids is 1. The molecule has 0 saturated carbocycles. The number of hydrogen-bond donors (Lipinski definition) is 0. The Kier molecular flexibility index (Phi) is 5.84. The molecule has 0 aliphatic heterocycles. The first-order valence-electron chi connectivity index (χ1n) is 9.00. The number of hydrogen-bond acceptors (Lipinski definition) is 4. The third kappa shape index (κ3) is 4.43. The Balaban J connectivity index is 1.86. The van der Waals surface area contributed by atoms with Gasteiger partial charge in [0.2, 0.25) is 0 Å². The number of pyridine rings is 1. The van der Waals surface area contributed by atoms with Gasteiger partial charge in [0.25, 0.3) is 11.6 Å². The highest BCUT2D eigenvalue weighted by molar-refractivity contribution is 5.95. The van der Waals surface area contributed by atoms with E-state index in [1.165, 1.54) is 6.07 Å². The van der Waals surface area contributed by atoms with Crippen LogP contribution in [0.25, 0.3) is 0 Å². The Bertz CT molecular complexity index is 982. The molecule has 0 radical (unpaired) electrons. The van der Waals surface area contributed by atoms with Gasteiger partial charge in [-0.25, -0.2) is 0 Å². The number of carbonyl (C=O) groups is 1. The van der Waals surface area contributed by atoms with Gasteiger partial charge in [0, 0.05) is 61.0 Å². The van der Waals surface area contributed by atoms with Crippen LogP contribution in [0.5, 0.6) is 0 Å². The number of benzene rings is 1. The van der Waals surface area contributed by atoms with Gasteiger partial charge in [0.1, 0.15) is 0 Å². The summed E-state index contributed by atoms with van der Waals surface area (Å²) >= 11 is 0. The smallest absolute Gasteiger partial charge is 0.273 e. The standard InChI is InChI=1S/C21H22N4O3/c1-16-8-9-17(14-20(16)25(27)28)21(26)24(15-19-7-5-12-23(19)2)13-10-18-6-3-4-11-22-18/h3-9,11-12,14H,10,13,15H2,1-2H3. The van der Waals surface area contributed by atoms with Crippen LogP contribution in [0.3, 0.4) is 0 Å². The van der Waals surface area contributed by atoms with E-state index in [4.69, 9.17) is 0 Å². The van der Waals surface area contributed by atoms with E-state index >= 15 is 0 Å². The molecule has 7 heteroatoms. The molecule has 0 N–H and O–H groups in total. The first-order valence-corrected chi connectivity index (χ1v) is 9.00. The molecule has 2 heterocycles. The lowest BCUT2D eigenvalue weighted by molar-refractivity contribution is -0.385. The van der Waals surface area contributed by atoms with Crippen molar-refractivity contribution < 1.29 is 9.72 Å². The first kappa shape index (κ1) is 19.3. The lowest BCUT2D eigenvalue weighted by Crippen LogP contribution is -2.33. The Labute approximate surface area is 163 Å². The molecule has 144 valence electrons. The van der Waals surface area contributed by atoms with Crippen molar-refractivity contribution in [3.05, 3.63) is 93.6 Å². The van der Waals surface area contributed by atoms with E-state index in [1.807, 2.05) is 48.1 Å². The lowest BCUT2D eigenvalue weighted by Gasteiger charge is -2.23. The summed E-state index contributed by atoms with van der Waals surface area (Å²) in [6.45, 7) is 2.54. The minimum absolute atomic E-state index is 0.0469. The molecule has 0 spiro atoms. The molecular formula is C21H22N4O3. The second-order valence-corrected chi connectivity index (χ2v) is 6.67. The van der Waals surface area contributed by atoms with Gasteiger partial charge in [-0.2, -0.15) is 0 Å². The van der Waals surface area contributed by atoms with Crippen molar-refractivity contribution in [3.8, 4) is 0 Å². The SMILES string of the molecule is Cc1ccc(C(=O)N(CCc2ccccn2)Cc2cccn2C)cc1[N+](=O)[O-]. The summed E-state index contributed by atoms with van der Waals surface area (Å²) in [6, 6.07) is 14.2. The third-order valence-electron chi connectivity index (χ3n) is 4.71. The Morgan fingerprint density at radius 2 is 2.04 bits per heavy atom. The molecule has 1 aromatic carbocycles. The van der Waals surface area contributed by atoms with E-state index in [1.54, 1.807) is 30.2 Å². The van der Waals surface area contributed by atoms with Gasteiger partial charge in [-0.3, -0.25) is 19.9 Å². The molecule has 3 rings (SSSR count). The molecule has 28 heavy (non-hydrogen) atoms. The fourth-order valence-corrected chi connectivity index (χ4v) is 3.03. The average molecular weight is 378 g/mol. The minimum atomic E-state index is -0.457. The summed E-state index contributed by atoms with van der Waals surface area (Å²) in [6.07, 6.45) is 4.25. The molecule has 7 nitrogen and oxygen atoms in total. The second kappa shape index (κ2) is 8.47. The molecule has 0 saturated heterocycles. The number of nitro groups is 1. The van der Waals surface area contributed by atoms with Crippen molar-refractivity contribution in [3.63, 3.8) is 0 Å². The number of aromatic nitrogens is 2. The number of rotatable bonds is 7.